The molecule has 0 bridgehead atoms. The topological polar surface area (TPSA) is 41.6 Å². The van der Waals surface area contributed by atoms with Gasteiger partial charge in [-0.1, -0.05) is 13.8 Å². The molecule has 1 aromatic heterocycles. The van der Waals surface area contributed by atoms with Crippen molar-refractivity contribution in [2.24, 2.45) is 11.3 Å². The number of benzene rings is 1. The highest BCUT2D eigenvalue weighted by atomic mass is 35.5. The molecule has 1 fully saturated rings. The number of alkyl halides is 1. The van der Waals surface area contributed by atoms with E-state index in [2.05, 4.69) is 29.5 Å². The summed E-state index contributed by atoms with van der Waals surface area (Å²) in [6.45, 7) is 7.47. The van der Waals surface area contributed by atoms with Crippen molar-refractivity contribution < 1.29 is 0 Å². The second kappa shape index (κ2) is 4.49. The Balaban J connectivity index is 2.10. The number of nitriles is 1. The number of halogens is 1. The van der Waals surface area contributed by atoms with Crippen LogP contribution in [0.25, 0.3) is 11.0 Å². The lowest BCUT2D eigenvalue weighted by atomic mass is 10.1. The van der Waals surface area contributed by atoms with E-state index in [1.165, 1.54) is 6.42 Å². The minimum atomic E-state index is -0.130. The van der Waals surface area contributed by atoms with E-state index < -0.39 is 0 Å². The summed E-state index contributed by atoms with van der Waals surface area (Å²) >= 11 is 6.28. The quantitative estimate of drug-likeness (QED) is 0.792. The van der Waals surface area contributed by atoms with Gasteiger partial charge in [-0.2, -0.15) is 5.26 Å². The molecule has 0 saturated heterocycles. The third-order valence-corrected chi connectivity index (χ3v) is 4.58. The van der Waals surface area contributed by atoms with Crippen molar-refractivity contribution in [2.75, 3.05) is 0 Å². The SMILES string of the molecule is CC(Cl)c1nc2ccc(C#N)cc2n1CC1CC1(C)C. The largest absolute Gasteiger partial charge is 0.326 e. The Bertz CT molecular complexity index is 706. The molecule has 2 atom stereocenters. The number of imidazole rings is 1. The molecule has 0 N–H and O–H groups in total. The van der Waals surface area contributed by atoms with Crippen LogP contribution in [-0.2, 0) is 6.54 Å². The minimum Gasteiger partial charge on any atom is -0.326 e. The van der Waals surface area contributed by atoms with Crippen molar-refractivity contribution in [1.29, 1.82) is 5.26 Å². The van der Waals surface area contributed by atoms with E-state index in [0.29, 0.717) is 16.9 Å². The number of fused-ring (bicyclic) bond motifs is 1. The molecule has 1 aliphatic carbocycles. The zero-order valence-electron chi connectivity index (χ0n) is 12.0. The summed E-state index contributed by atoms with van der Waals surface area (Å²) in [5, 5.41) is 8.95. The van der Waals surface area contributed by atoms with Crippen LogP contribution in [-0.4, -0.2) is 9.55 Å². The van der Waals surface area contributed by atoms with Gasteiger partial charge in [0.25, 0.3) is 0 Å². The molecule has 20 heavy (non-hydrogen) atoms. The van der Waals surface area contributed by atoms with Crippen molar-refractivity contribution in [3.8, 4) is 6.07 Å². The molecular formula is C16H18ClN3. The lowest BCUT2D eigenvalue weighted by Gasteiger charge is -2.11. The molecule has 1 saturated carbocycles. The van der Waals surface area contributed by atoms with Crippen LogP contribution in [0.1, 0.15) is 44.0 Å². The predicted molar refractivity (Wildman–Crippen MR) is 80.6 cm³/mol. The standard InChI is InChI=1S/C16H18ClN3/c1-10(17)15-19-13-5-4-11(8-18)6-14(13)20(15)9-12-7-16(12,2)3/h4-6,10,12H,7,9H2,1-3H3. The average Bonchev–Trinajstić information content (AvgIpc) is 2.83. The van der Waals surface area contributed by atoms with Crippen LogP contribution in [0.3, 0.4) is 0 Å². The van der Waals surface area contributed by atoms with Gasteiger partial charge in [0.2, 0.25) is 0 Å². The minimum absolute atomic E-state index is 0.130. The number of aromatic nitrogens is 2. The van der Waals surface area contributed by atoms with E-state index >= 15 is 0 Å². The number of rotatable bonds is 3. The Hall–Kier alpha value is -1.53. The number of hydrogen-bond donors (Lipinski definition) is 0. The summed E-state index contributed by atoms with van der Waals surface area (Å²) in [6, 6.07) is 7.83. The summed E-state index contributed by atoms with van der Waals surface area (Å²) in [5.41, 5.74) is 3.03. The molecule has 1 aromatic carbocycles. The third-order valence-electron chi connectivity index (χ3n) is 4.38. The third kappa shape index (κ3) is 2.19. The van der Waals surface area contributed by atoms with Crippen molar-refractivity contribution in [3.05, 3.63) is 29.6 Å². The summed E-state index contributed by atoms with van der Waals surface area (Å²) < 4.78 is 2.20. The second-order valence-electron chi connectivity index (χ2n) is 6.40. The van der Waals surface area contributed by atoms with E-state index in [0.717, 1.165) is 23.4 Å². The zero-order chi connectivity index (χ0) is 14.5. The number of hydrogen-bond acceptors (Lipinski definition) is 2. The Morgan fingerprint density at radius 1 is 1.55 bits per heavy atom. The fourth-order valence-corrected chi connectivity index (χ4v) is 2.98. The first-order valence-corrected chi connectivity index (χ1v) is 7.40. The van der Waals surface area contributed by atoms with Gasteiger partial charge in [-0.3, -0.25) is 0 Å². The van der Waals surface area contributed by atoms with Gasteiger partial charge in [0.15, 0.2) is 0 Å². The molecule has 1 aliphatic rings. The molecule has 0 aliphatic heterocycles. The summed E-state index contributed by atoms with van der Waals surface area (Å²) in [5.74, 6) is 1.57. The fourth-order valence-electron chi connectivity index (χ4n) is 2.81. The van der Waals surface area contributed by atoms with Gasteiger partial charge in [0, 0.05) is 6.54 Å². The molecular weight excluding hydrogens is 270 g/mol. The molecule has 2 aromatic rings. The number of nitrogens with zero attached hydrogens (tertiary/aromatic N) is 3. The Morgan fingerprint density at radius 2 is 2.25 bits per heavy atom. The van der Waals surface area contributed by atoms with E-state index in [1.807, 2.05) is 25.1 Å². The first kappa shape index (κ1) is 13.5. The summed E-state index contributed by atoms with van der Waals surface area (Å²) in [4.78, 5) is 4.64. The molecule has 0 spiro atoms. The molecule has 0 amide bonds. The van der Waals surface area contributed by atoms with Crippen molar-refractivity contribution in [1.82, 2.24) is 9.55 Å². The maximum atomic E-state index is 9.08. The molecule has 3 nitrogen and oxygen atoms in total. The fraction of sp³-hybridized carbons (Fsp3) is 0.500. The van der Waals surface area contributed by atoms with Gasteiger partial charge < -0.3 is 4.57 Å². The predicted octanol–water partition coefficient (Wildman–Crippen LogP) is 4.25. The smallest absolute Gasteiger partial charge is 0.127 e. The van der Waals surface area contributed by atoms with Crippen LogP contribution < -0.4 is 0 Å². The average molecular weight is 288 g/mol. The van der Waals surface area contributed by atoms with Crippen molar-refractivity contribution in [3.63, 3.8) is 0 Å². The first-order valence-electron chi connectivity index (χ1n) is 6.97. The van der Waals surface area contributed by atoms with Crippen LogP contribution in [0.5, 0.6) is 0 Å². The van der Waals surface area contributed by atoms with E-state index in [9.17, 15) is 0 Å². The normalized spacial score (nSPS) is 21.6. The van der Waals surface area contributed by atoms with Gasteiger partial charge in [-0.25, -0.2) is 4.98 Å². The van der Waals surface area contributed by atoms with E-state index in [1.54, 1.807) is 0 Å². The van der Waals surface area contributed by atoms with Gasteiger partial charge in [0.05, 0.1) is 28.0 Å². The van der Waals surface area contributed by atoms with Gasteiger partial charge in [-0.05, 0) is 42.9 Å². The van der Waals surface area contributed by atoms with E-state index in [4.69, 9.17) is 16.9 Å². The Kier molecular flexibility index (Phi) is 3.02. The van der Waals surface area contributed by atoms with Crippen LogP contribution >= 0.6 is 11.6 Å². The molecule has 104 valence electrons. The zero-order valence-corrected chi connectivity index (χ0v) is 12.8. The van der Waals surface area contributed by atoms with E-state index in [-0.39, 0.29) is 5.38 Å². The van der Waals surface area contributed by atoms with Gasteiger partial charge in [-0.15, -0.1) is 11.6 Å². The maximum Gasteiger partial charge on any atom is 0.127 e. The summed E-state index contributed by atoms with van der Waals surface area (Å²) in [7, 11) is 0. The van der Waals surface area contributed by atoms with Gasteiger partial charge >= 0.3 is 0 Å². The lowest BCUT2D eigenvalue weighted by Crippen LogP contribution is -2.08. The molecule has 4 heteroatoms. The highest BCUT2D eigenvalue weighted by Gasteiger charge is 2.45. The summed E-state index contributed by atoms with van der Waals surface area (Å²) in [6.07, 6.45) is 1.24. The highest BCUT2D eigenvalue weighted by Crippen LogP contribution is 2.53. The highest BCUT2D eigenvalue weighted by molar-refractivity contribution is 6.20. The Labute approximate surface area is 124 Å². The van der Waals surface area contributed by atoms with Crippen LogP contribution in [0.15, 0.2) is 18.2 Å². The monoisotopic (exact) mass is 287 g/mol. The van der Waals surface area contributed by atoms with Gasteiger partial charge in [0.1, 0.15) is 5.82 Å². The maximum absolute atomic E-state index is 9.08. The second-order valence-corrected chi connectivity index (χ2v) is 7.06. The van der Waals surface area contributed by atoms with Crippen LogP contribution in [0.2, 0.25) is 0 Å². The molecule has 1 heterocycles. The Morgan fingerprint density at radius 3 is 2.80 bits per heavy atom. The van der Waals surface area contributed by atoms with Crippen molar-refractivity contribution >= 4 is 22.6 Å². The first-order chi connectivity index (χ1) is 9.42. The van der Waals surface area contributed by atoms with Crippen molar-refractivity contribution in [2.45, 2.75) is 39.1 Å². The molecule has 3 rings (SSSR count). The molecule has 0 radical (unpaired) electrons. The molecule has 2 unspecified atom stereocenters. The van der Waals surface area contributed by atoms with Crippen LogP contribution in [0.4, 0.5) is 0 Å². The van der Waals surface area contributed by atoms with Crippen LogP contribution in [0, 0.1) is 22.7 Å². The lowest BCUT2D eigenvalue weighted by molar-refractivity contribution is 0.495.